The van der Waals surface area contributed by atoms with Crippen molar-refractivity contribution in [3.63, 3.8) is 0 Å². The fourth-order valence-electron chi connectivity index (χ4n) is 3.03. The normalized spacial score (nSPS) is 9.85. The second-order valence-corrected chi connectivity index (χ2v) is 6.24. The van der Waals surface area contributed by atoms with E-state index in [1.54, 1.807) is 0 Å². The molecule has 0 saturated heterocycles. The second-order valence-electron chi connectivity index (χ2n) is 6.24. The number of unbranched alkanes of at least 4 members (excludes halogenated alkanes) is 1. The van der Waals surface area contributed by atoms with Gasteiger partial charge in [-0.2, -0.15) is 9.13 Å². The van der Waals surface area contributed by atoms with Crippen molar-refractivity contribution in [1.29, 1.82) is 0 Å². The molecule has 0 fully saturated rings. The Morgan fingerprint density at radius 1 is 0.741 bits per heavy atom. The van der Waals surface area contributed by atoms with E-state index in [1.807, 2.05) is 30.5 Å². The first-order chi connectivity index (χ1) is 13.3. The Hall–Kier alpha value is -3.54. The van der Waals surface area contributed by atoms with Crippen LogP contribution < -0.4 is 9.13 Å². The van der Waals surface area contributed by atoms with Crippen molar-refractivity contribution in [3.8, 4) is 36.5 Å². The zero-order valence-electron chi connectivity index (χ0n) is 15.4. The van der Waals surface area contributed by atoms with Crippen molar-refractivity contribution in [2.24, 2.45) is 0 Å². The monoisotopic (exact) mass is 350 g/mol. The van der Waals surface area contributed by atoms with Crippen LogP contribution in [0.4, 0.5) is 0 Å². The molecule has 2 heterocycles. The Balaban J connectivity index is 2.04. The van der Waals surface area contributed by atoms with E-state index in [-0.39, 0.29) is 0 Å². The number of terminal acetylenes is 2. The number of hydrogen-bond acceptors (Lipinski definition) is 0. The summed E-state index contributed by atoms with van der Waals surface area (Å²) < 4.78 is 4.29. The van der Waals surface area contributed by atoms with Crippen molar-refractivity contribution in [2.45, 2.75) is 32.4 Å². The maximum Gasteiger partial charge on any atom is 0.265 e. The van der Waals surface area contributed by atoms with Gasteiger partial charge in [-0.25, -0.2) is 0 Å². The molecule has 1 aromatic carbocycles. The van der Waals surface area contributed by atoms with Crippen molar-refractivity contribution < 1.29 is 9.13 Å². The van der Waals surface area contributed by atoms with Crippen molar-refractivity contribution in [1.82, 2.24) is 0 Å². The summed E-state index contributed by atoms with van der Waals surface area (Å²) in [5.41, 5.74) is 1.97. The van der Waals surface area contributed by atoms with E-state index in [0.717, 1.165) is 42.7 Å². The van der Waals surface area contributed by atoms with Crippen LogP contribution in [0, 0.1) is 36.5 Å². The van der Waals surface area contributed by atoms with E-state index in [0.29, 0.717) is 6.42 Å². The van der Waals surface area contributed by atoms with Crippen molar-refractivity contribution >= 4 is 10.8 Å². The summed E-state index contributed by atoms with van der Waals surface area (Å²) in [6, 6.07) is 16.5. The summed E-state index contributed by atoms with van der Waals surface area (Å²) in [4.78, 5) is 0. The molecule has 0 amide bonds. The first-order valence-electron chi connectivity index (χ1n) is 9.12. The average molecular weight is 350 g/mol. The lowest BCUT2D eigenvalue weighted by Gasteiger charge is -2.02. The molecule has 0 radical (unpaired) electrons. The number of nitrogens with zero attached hydrogens (tertiary/aromatic N) is 2. The van der Waals surface area contributed by atoms with Crippen molar-refractivity contribution in [2.75, 3.05) is 0 Å². The van der Waals surface area contributed by atoms with Crippen LogP contribution in [0.1, 0.15) is 30.7 Å². The van der Waals surface area contributed by atoms with Gasteiger partial charge in [-0.05, 0) is 17.5 Å². The van der Waals surface area contributed by atoms with Gasteiger partial charge in [0.2, 0.25) is 0 Å². The lowest BCUT2D eigenvalue weighted by molar-refractivity contribution is -0.699. The number of pyridine rings is 2. The number of fused-ring (bicyclic) bond motifs is 1. The second kappa shape index (κ2) is 9.24. The molecule has 130 valence electrons. The van der Waals surface area contributed by atoms with E-state index in [1.165, 1.54) is 5.39 Å². The fraction of sp³-hybridized carbons (Fsp3) is 0.200. The van der Waals surface area contributed by atoms with Crippen LogP contribution >= 0.6 is 0 Å². The molecule has 3 rings (SSSR count). The summed E-state index contributed by atoms with van der Waals surface area (Å²) in [7, 11) is 0. The number of rotatable bonds is 5. The molecule has 2 aromatic heterocycles. The van der Waals surface area contributed by atoms with Crippen LogP contribution in [-0.4, -0.2) is 0 Å². The fourth-order valence-corrected chi connectivity index (χ4v) is 3.03. The van der Waals surface area contributed by atoms with Gasteiger partial charge in [-0.15, -0.1) is 24.7 Å². The molecule has 0 aliphatic carbocycles. The number of aryl methyl sites for hydroxylation is 2. The molecule has 0 spiro atoms. The van der Waals surface area contributed by atoms with Crippen LogP contribution in [-0.2, 0) is 13.1 Å². The Morgan fingerprint density at radius 3 is 2.41 bits per heavy atom. The van der Waals surface area contributed by atoms with Gasteiger partial charge >= 0.3 is 0 Å². The van der Waals surface area contributed by atoms with Gasteiger partial charge in [-0.1, -0.05) is 18.2 Å². The Bertz CT molecular complexity index is 1080. The van der Waals surface area contributed by atoms with Gasteiger partial charge in [0, 0.05) is 42.9 Å². The topological polar surface area (TPSA) is 7.76 Å². The zero-order chi connectivity index (χ0) is 18.9. The van der Waals surface area contributed by atoms with Gasteiger partial charge in [0.15, 0.2) is 25.5 Å². The highest BCUT2D eigenvalue weighted by Crippen LogP contribution is 2.15. The number of hydrogen-bond donors (Lipinski definition) is 0. The number of aromatic nitrogens is 2. The standard InChI is InChI=1S/C25H22N2/c1-3-5-10-20-27-21-17-22-12-7-8-14-24(22)25(27)16-15-23-13-9-11-19-26(23)18-6-4-2/h1-2,7-9,11-14,17,19,21H,5-6,10,18,20H2/q+2. The molecule has 0 aliphatic heterocycles. The van der Waals surface area contributed by atoms with E-state index >= 15 is 0 Å². The Kier molecular flexibility index (Phi) is 6.25. The van der Waals surface area contributed by atoms with Gasteiger partial charge in [0.25, 0.3) is 11.4 Å². The Labute approximate surface area is 161 Å². The molecule has 0 N–H and O–H groups in total. The largest absolute Gasteiger partial charge is 0.265 e. The molecule has 3 aromatic rings. The van der Waals surface area contributed by atoms with Gasteiger partial charge in [0.05, 0.1) is 11.8 Å². The molecule has 2 heteroatoms. The minimum absolute atomic E-state index is 0.684. The van der Waals surface area contributed by atoms with E-state index in [4.69, 9.17) is 12.8 Å². The molecule has 2 nitrogen and oxygen atoms in total. The highest BCUT2D eigenvalue weighted by molar-refractivity contribution is 5.85. The first-order valence-corrected chi connectivity index (χ1v) is 9.12. The first kappa shape index (κ1) is 18.3. The highest BCUT2D eigenvalue weighted by Gasteiger charge is 2.13. The third-order valence-corrected chi connectivity index (χ3v) is 4.40. The van der Waals surface area contributed by atoms with E-state index < -0.39 is 0 Å². The third kappa shape index (κ3) is 4.55. The molecule has 0 saturated carbocycles. The lowest BCUT2D eigenvalue weighted by Crippen LogP contribution is -2.38. The van der Waals surface area contributed by atoms with Crippen LogP contribution in [0.25, 0.3) is 10.8 Å². The quantitative estimate of drug-likeness (QED) is 0.379. The summed E-state index contributed by atoms with van der Waals surface area (Å²) in [5, 5.41) is 2.34. The molecule has 0 aliphatic rings. The molecule has 0 unspecified atom stereocenters. The van der Waals surface area contributed by atoms with Crippen LogP contribution in [0.3, 0.4) is 0 Å². The summed E-state index contributed by atoms with van der Waals surface area (Å²) in [6.45, 7) is 1.62. The molecule has 0 bridgehead atoms. The summed E-state index contributed by atoms with van der Waals surface area (Å²) >= 11 is 0. The molecular formula is C25H22N2+2. The smallest absolute Gasteiger partial charge is 0.191 e. The minimum Gasteiger partial charge on any atom is -0.191 e. The predicted octanol–water partition coefficient (Wildman–Crippen LogP) is 3.25. The SMILES string of the molecule is C#CCCC[n+]1ccc2ccccc2c1C#Cc1cccc[n+]1CCC#C. The maximum atomic E-state index is 5.41. The molecule has 0 atom stereocenters. The van der Waals surface area contributed by atoms with E-state index in [9.17, 15) is 0 Å². The van der Waals surface area contributed by atoms with Crippen LogP contribution in [0.2, 0.25) is 0 Å². The van der Waals surface area contributed by atoms with Gasteiger partial charge in [-0.3, -0.25) is 0 Å². The van der Waals surface area contributed by atoms with Crippen LogP contribution in [0.5, 0.6) is 0 Å². The predicted molar refractivity (Wildman–Crippen MR) is 108 cm³/mol. The Morgan fingerprint density at radius 2 is 1.56 bits per heavy atom. The number of benzene rings is 1. The summed E-state index contributed by atoms with van der Waals surface area (Å²) in [6.07, 6.45) is 17.3. The van der Waals surface area contributed by atoms with Crippen molar-refractivity contribution in [3.05, 3.63) is 72.3 Å². The highest BCUT2D eigenvalue weighted by atomic mass is 15.0. The lowest BCUT2D eigenvalue weighted by atomic mass is 10.1. The maximum absolute atomic E-state index is 5.41. The molecule has 27 heavy (non-hydrogen) atoms. The van der Waals surface area contributed by atoms with Gasteiger partial charge < -0.3 is 0 Å². The minimum atomic E-state index is 0.684. The molecular weight excluding hydrogens is 328 g/mol. The van der Waals surface area contributed by atoms with Gasteiger partial charge in [0.1, 0.15) is 0 Å². The van der Waals surface area contributed by atoms with E-state index in [2.05, 4.69) is 63.3 Å². The van der Waals surface area contributed by atoms with Crippen LogP contribution in [0.15, 0.2) is 60.9 Å². The third-order valence-electron chi connectivity index (χ3n) is 4.40. The zero-order valence-corrected chi connectivity index (χ0v) is 15.4. The summed E-state index contributed by atoms with van der Waals surface area (Å²) in [5.74, 6) is 12.2. The average Bonchev–Trinajstić information content (AvgIpc) is 2.72.